The lowest BCUT2D eigenvalue weighted by atomic mass is 9.49. The van der Waals surface area contributed by atoms with Crippen LogP contribution in [0.2, 0.25) is 0 Å². The van der Waals surface area contributed by atoms with E-state index in [0.29, 0.717) is 17.1 Å². The molecule has 0 radical (unpaired) electrons. The maximum Gasteiger partial charge on any atom is 0.115 e. The zero-order valence-electron chi connectivity index (χ0n) is 12.6. The van der Waals surface area contributed by atoms with E-state index < -0.39 is 0 Å². The number of phenolic OH excluding ortho intramolecular Hbond substituents is 1. The first-order chi connectivity index (χ1) is 8.94. The molecule has 0 bridgehead atoms. The molecule has 0 amide bonds. The predicted molar refractivity (Wildman–Crippen MR) is 79.4 cm³/mol. The summed E-state index contributed by atoms with van der Waals surface area (Å²) < 4.78 is 0. The standard InChI is InChI=1S/C18H26O/c1-5-18(3,4)17-15-7-6-14(19)10-12(15)9-13-8-11(2)16(13)17/h6-7,10-11,13,16-17,19H,5,8-9H2,1-4H3. The van der Waals surface area contributed by atoms with Gasteiger partial charge in [-0.25, -0.2) is 0 Å². The van der Waals surface area contributed by atoms with Crippen molar-refractivity contribution in [1.82, 2.24) is 0 Å². The van der Waals surface area contributed by atoms with Gasteiger partial charge < -0.3 is 5.11 Å². The molecule has 104 valence electrons. The topological polar surface area (TPSA) is 20.2 Å². The van der Waals surface area contributed by atoms with Crippen LogP contribution in [0, 0.1) is 23.2 Å². The number of hydrogen-bond acceptors (Lipinski definition) is 1. The number of hydrogen-bond donors (Lipinski definition) is 1. The van der Waals surface area contributed by atoms with Crippen LogP contribution in [0.3, 0.4) is 0 Å². The summed E-state index contributed by atoms with van der Waals surface area (Å²) in [4.78, 5) is 0. The van der Waals surface area contributed by atoms with Gasteiger partial charge in [0.15, 0.2) is 0 Å². The van der Waals surface area contributed by atoms with Crippen LogP contribution in [0.4, 0.5) is 0 Å². The molecule has 1 nitrogen and oxygen atoms in total. The van der Waals surface area contributed by atoms with Gasteiger partial charge in [-0.15, -0.1) is 0 Å². The minimum atomic E-state index is 0.351. The van der Waals surface area contributed by atoms with Gasteiger partial charge >= 0.3 is 0 Å². The molecule has 3 rings (SSSR count). The smallest absolute Gasteiger partial charge is 0.115 e. The SMILES string of the molecule is CCC(C)(C)C1c2ccc(O)cc2CC2CC(C)C21. The van der Waals surface area contributed by atoms with Crippen molar-refractivity contribution in [3.8, 4) is 5.75 Å². The van der Waals surface area contributed by atoms with Gasteiger partial charge in [0, 0.05) is 0 Å². The zero-order valence-corrected chi connectivity index (χ0v) is 12.6. The van der Waals surface area contributed by atoms with E-state index >= 15 is 0 Å². The minimum Gasteiger partial charge on any atom is -0.508 e. The highest BCUT2D eigenvalue weighted by Gasteiger charge is 2.51. The Morgan fingerprint density at radius 2 is 2.05 bits per heavy atom. The number of phenols is 1. The molecule has 0 heterocycles. The first-order valence-corrected chi connectivity index (χ1v) is 7.76. The molecule has 4 unspecified atom stereocenters. The van der Waals surface area contributed by atoms with Gasteiger partial charge in [0.1, 0.15) is 5.75 Å². The largest absolute Gasteiger partial charge is 0.508 e. The Kier molecular flexibility index (Phi) is 2.92. The molecular formula is C18H26O. The summed E-state index contributed by atoms with van der Waals surface area (Å²) in [5.74, 6) is 3.66. The Morgan fingerprint density at radius 3 is 2.68 bits per heavy atom. The normalized spacial score (nSPS) is 33.3. The van der Waals surface area contributed by atoms with Gasteiger partial charge in [-0.1, -0.05) is 40.2 Å². The van der Waals surface area contributed by atoms with Gasteiger partial charge in [0.25, 0.3) is 0 Å². The van der Waals surface area contributed by atoms with Gasteiger partial charge in [-0.3, -0.25) is 0 Å². The molecule has 2 aliphatic rings. The highest BCUT2D eigenvalue weighted by atomic mass is 16.3. The third kappa shape index (κ3) is 1.89. The molecular weight excluding hydrogens is 232 g/mol. The fourth-order valence-corrected chi connectivity index (χ4v) is 4.60. The van der Waals surface area contributed by atoms with Crippen molar-refractivity contribution in [3.05, 3.63) is 29.3 Å². The Balaban J connectivity index is 2.09. The molecule has 0 saturated heterocycles. The number of aromatic hydroxyl groups is 1. The van der Waals surface area contributed by atoms with E-state index in [1.165, 1.54) is 30.4 Å². The molecule has 1 aromatic carbocycles. The summed E-state index contributed by atoms with van der Waals surface area (Å²) in [6.45, 7) is 9.57. The summed E-state index contributed by atoms with van der Waals surface area (Å²) >= 11 is 0. The summed E-state index contributed by atoms with van der Waals surface area (Å²) in [5.41, 5.74) is 3.26. The summed E-state index contributed by atoms with van der Waals surface area (Å²) in [5, 5.41) is 9.76. The van der Waals surface area contributed by atoms with Crippen molar-refractivity contribution in [2.75, 3.05) is 0 Å². The van der Waals surface area contributed by atoms with Crippen LogP contribution in [-0.4, -0.2) is 5.11 Å². The third-order valence-corrected chi connectivity index (χ3v) is 5.96. The van der Waals surface area contributed by atoms with Crippen LogP contribution in [0.15, 0.2) is 18.2 Å². The molecule has 19 heavy (non-hydrogen) atoms. The summed E-state index contributed by atoms with van der Waals surface area (Å²) in [6.07, 6.45) is 3.76. The average Bonchev–Trinajstić information content (AvgIpc) is 2.36. The first-order valence-electron chi connectivity index (χ1n) is 7.76. The highest BCUT2D eigenvalue weighted by Crippen LogP contribution is 2.60. The summed E-state index contributed by atoms with van der Waals surface area (Å²) in [6, 6.07) is 6.07. The monoisotopic (exact) mass is 258 g/mol. The van der Waals surface area contributed by atoms with Crippen molar-refractivity contribution in [2.24, 2.45) is 23.2 Å². The Bertz CT molecular complexity index is 488. The molecule has 1 saturated carbocycles. The lowest BCUT2D eigenvalue weighted by Crippen LogP contribution is -2.48. The average molecular weight is 258 g/mol. The van der Waals surface area contributed by atoms with Crippen LogP contribution in [-0.2, 0) is 6.42 Å². The lowest BCUT2D eigenvalue weighted by Gasteiger charge is -2.56. The first kappa shape index (κ1) is 13.0. The van der Waals surface area contributed by atoms with Crippen molar-refractivity contribution in [2.45, 2.75) is 52.9 Å². The van der Waals surface area contributed by atoms with Crippen LogP contribution < -0.4 is 0 Å². The van der Waals surface area contributed by atoms with Crippen molar-refractivity contribution in [3.63, 3.8) is 0 Å². The molecule has 1 fully saturated rings. The Labute approximate surface area is 117 Å². The molecule has 1 N–H and O–H groups in total. The predicted octanol–water partition coefficient (Wildman–Crippen LogP) is 4.74. The number of benzene rings is 1. The fraction of sp³-hybridized carbons (Fsp3) is 0.667. The Hall–Kier alpha value is -0.980. The molecule has 0 aromatic heterocycles. The maximum atomic E-state index is 9.76. The molecule has 4 atom stereocenters. The van der Waals surface area contributed by atoms with E-state index in [-0.39, 0.29) is 0 Å². The summed E-state index contributed by atoms with van der Waals surface area (Å²) in [7, 11) is 0. The van der Waals surface area contributed by atoms with Crippen molar-refractivity contribution in [1.29, 1.82) is 0 Å². The quantitative estimate of drug-likeness (QED) is 0.812. The van der Waals surface area contributed by atoms with Crippen molar-refractivity contribution >= 4 is 0 Å². The second-order valence-electron chi connectivity index (χ2n) is 7.46. The number of fused-ring (bicyclic) bond motifs is 2. The molecule has 2 aliphatic carbocycles. The highest BCUT2D eigenvalue weighted by molar-refractivity contribution is 5.41. The van der Waals surface area contributed by atoms with Gasteiger partial charge in [0.05, 0.1) is 0 Å². The third-order valence-electron chi connectivity index (χ3n) is 5.96. The van der Waals surface area contributed by atoms with Crippen LogP contribution in [0.1, 0.15) is 57.6 Å². The fourth-order valence-electron chi connectivity index (χ4n) is 4.60. The Morgan fingerprint density at radius 1 is 1.32 bits per heavy atom. The van der Waals surface area contributed by atoms with E-state index in [2.05, 4.69) is 33.8 Å². The zero-order chi connectivity index (χ0) is 13.8. The van der Waals surface area contributed by atoms with E-state index in [4.69, 9.17) is 0 Å². The van der Waals surface area contributed by atoms with Crippen LogP contribution >= 0.6 is 0 Å². The van der Waals surface area contributed by atoms with Gasteiger partial charge in [0.2, 0.25) is 0 Å². The van der Waals surface area contributed by atoms with Crippen LogP contribution in [0.5, 0.6) is 5.75 Å². The maximum absolute atomic E-state index is 9.76. The molecule has 1 heteroatoms. The van der Waals surface area contributed by atoms with Crippen LogP contribution in [0.25, 0.3) is 0 Å². The van der Waals surface area contributed by atoms with Crippen molar-refractivity contribution < 1.29 is 5.11 Å². The second-order valence-corrected chi connectivity index (χ2v) is 7.46. The molecule has 0 aliphatic heterocycles. The molecule has 0 spiro atoms. The van der Waals surface area contributed by atoms with E-state index in [9.17, 15) is 5.11 Å². The number of rotatable bonds is 2. The van der Waals surface area contributed by atoms with E-state index in [1.807, 2.05) is 12.1 Å². The second kappa shape index (κ2) is 4.26. The van der Waals surface area contributed by atoms with E-state index in [1.54, 1.807) is 0 Å². The van der Waals surface area contributed by atoms with Gasteiger partial charge in [-0.05, 0) is 65.2 Å². The molecule has 1 aromatic rings. The lowest BCUT2D eigenvalue weighted by molar-refractivity contribution is 0.00270. The minimum absolute atomic E-state index is 0.351. The van der Waals surface area contributed by atoms with E-state index in [0.717, 1.165) is 17.8 Å². The van der Waals surface area contributed by atoms with Gasteiger partial charge in [-0.2, -0.15) is 0 Å².